The van der Waals surface area contributed by atoms with E-state index in [0.717, 1.165) is 9.61 Å². The predicted molar refractivity (Wildman–Crippen MR) is 106 cm³/mol. The third-order valence-electron chi connectivity index (χ3n) is 6.30. The highest BCUT2D eigenvalue weighted by atomic mass is 32.1. The fourth-order valence-electron chi connectivity index (χ4n) is 4.91. The molecule has 3 saturated heterocycles. The first kappa shape index (κ1) is 19.2. The lowest BCUT2D eigenvalue weighted by Crippen LogP contribution is -2.60. The van der Waals surface area contributed by atoms with Crippen molar-refractivity contribution in [2.45, 2.75) is 44.0 Å². The van der Waals surface area contributed by atoms with E-state index in [1.807, 2.05) is 24.4 Å². The topological polar surface area (TPSA) is 99.8 Å². The number of pyridine rings is 1. The molecule has 2 N–H and O–H groups in total. The van der Waals surface area contributed by atoms with Gasteiger partial charge in [-0.1, -0.05) is 13.0 Å². The van der Waals surface area contributed by atoms with Gasteiger partial charge in [0, 0.05) is 15.6 Å². The molecule has 30 heavy (non-hydrogen) atoms. The van der Waals surface area contributed by atoms with E-state index in [4.69, 9.17) is 4.74 Å². The summed E-state index contributed by atoms with van der Waals surface area (Å²) in [6, 6.07) is 4.20. The molecule has 2 amide bonds. The van der Waals surface area contributed by atoms with Gasteiger partial charge < -0.3 is 15.0 Å². The molecule has 0 aliphatic carbocycles. The van der Waals surface area contributed by atoms with Crippen LogP contribution in [0.3, 0.4) is 0 Å². The van der Waals surface area contributed by atoms with Crippen molar-refractivity contribution in [3.05, 3.63) is 41.5 Å². The summed E-state index contributed by atoms with van der Waals surface area (Å²) >= 11 is 1.50. The maximum Gasteiger partial charge on any atom is 0.258 e. The van der Waals surface area contributed by atoms with E-state index in [0.29, 0.717) is 18.4 Å². The summed E-state index contributed by atoms with van der Waals surface area (Å²) in [7, 11) is 0. The van der Waals surface area contributed by atoms with Crippen LogP contribution in [0.25, 0.3) is 10.4 Å². The van der Waals surface area contributed by atoms with Gasteiger partial charge >= 0.3 is 0 Å². The molecule has 5 rings (SSSR count). The molecule has 0 saturated carbocycles. The van der Waals surface area contributed by atoms with Crippen molar-refractivity contribution in [3.8, 4) is 10.4 Å². The molecule has 8 nitrogen and oxygen atoms in total. The van der Waals surface area contributed by atoms with Crippen LogP contribution < -0.4 is 10.0 Å². The summed E-state index contributed by atoms with van der Waals surface area (Å²) in [5.74, 6) is -0.607. The summed E-state index contributed by atoms with van der Waals surface area (Å²) in [4.78, 5) is 40.9. The number of amides is 2. The number of nitrogens with zero attached hydrogens (tertiary/aromatic N) is 2. The highest BCUT2D eigenvalue weighted by Crippen LogP contribution is 2.40. The van der Waals surface area contributed by atoms with Crippen molar-refractivity contribution in [1.82, 2.24) is 10.2 Å². The van der Waals surface area contributed by atoms with Gasteiger partial charge in [0.25, 0.3) is 5.91 Å². The average molecular weight is 428 g/mol. The predicted octanol–water partition coefficient (Wildman–Crippen LogP) is 1.02. The van der Waals surface area contributed by atoms with Gasteiger partial charge in [-0.3, -0.25) is 19.6 Å². The Morgan fingerprint density at radius 3 is 2.93 bits per heavy atom. The van der Waals surface area contributed by atoms with Crippen LogP contribution in [0.15, 0.2) is 36.0 Å². The van der Waals surface area contributed by atoms with E-state index < -0.39 is 18.0 Å². The van der Waals surface area contributed by atoms with E-state index in [9.17, 15) is 19.6 Å². The first-order chi connectivity index (χ1) is 14.4. The number of Topliss-reactive ketones (excluding diaryl/α,β-unsaturated/α-hetero) is 1. The van der Waals surface area contributed by atoms with Gasteiger partial charge in [-0.05, 0) is 36.3 Å². The van der Waals surface area contributed by atoms with Gasteiger partial charge in [-0.2, -0.15) is 0 Å². The number of thiophene rings is 1. The summed E-state index contributed by atoms with van der Waals surface area (Å²) in [5.41, 5.74) is 0.963. The Morgan fingerprint density at radius 1 is 1.33 bits per heavy atom. The lowest BCUT2D eigenvalue weighted by atomic mass is 9.87. The summed E-state index contributed by atoms with van der Waals surface area (Å²) in [6.45, 7) is 2.08. The van der Waals surface area contributed by atoms with Crippen LogP contribution in [0.1, 0.15) is 30.1 Å². The zero-order chi connectivity index (χ0) is 21.0. The molecule has 0 radical (unpaired) electrons. The number of ether oxygens (including phenoxy) is 1. The fourth-order valence-corrected chi connectivity index (χ4v) is 5.62. The molecule has 0 bridgehead atoms. The van der Waals surface area contributed by atoms with Crippen molar-refractivity contribution in [1.29, 1.82) is 0 Å². The number of fused-ring (bicyclic) bond motifs is 3. The van der Waals surface area contributed by atoms with Gasteiger partial charge in [0.1, 0.15) is 24.3 Å². The highest BCUT2D eigenvalue weighted by molar-refractivity contribution is 7.13. The summed E-state index contributed by atoms with van der Waals surface area (Å²) in [5, 5.41) is 14.7. The molecule has 9 heteroatoms. The number of piperidine rings is 1. The van der Waals surface area contributed by atoms with E-state index in [-0.39, 0.29) is 41.9 Å². The molecule has 3 fully saturated rings. The van der Waals surface area contributed by atoms with Crippen molar-refractivity contribution >= 4 is 28.9 Å². The van der Waals surface area contributed by atoms with Crippen molar-refractivity contribution < 1.29 is 29.1 Å². The van der Waals surface area contributed by atoms with Gasteiger partial charge in [0.05, 0.1) is 11.7 Å². The second kappa shape index (κ2) is 7.17. The Labute approximate surface area is 177 Å². The van der Waals surface area contributed by atoms with Crippen LogP contribution >= 0.6 is 11.3 Å². The molecule has 2 aromatic rings. The molecule has 5 atom stereocenters. The fraction of sp³-hybridized carbons (Fsp3) is 0.429. The maximum atomic E-state index is 13.2. The number of aromatic nitrogens is 1. The number of hydrogen-bond acceptors (Lipinski definition) is 6. The van der Waals surface area contributed by atoms with Crippen LogP contribution in [0, 0.1) is 5.92 Å². The lowest BCUT2D eigenvalue weighted by molar-refractivity contribution is -0.904. The molecule has 2 aromatic heterocycles. The molecule has 2 unspecified atom stereocenters. The van der Waals surface area contributed by atoms with E-state index >= 15 is 0 Å². The second-order valence-corrected chi connectivity index (χ2v) is 9.17. The van der Waals surface area contributed by atoms with Crippen LogP contribution in [-0.2, 0) is 14.3 Å². The number of hydrogen-bond donors (Lipinski definition) is 2. The first-order valence-corrected chi connectivity index (χ1v) is 10.9. The molecular weight excluding hydrogens is 406 g/mol. The SMILES string of the molecule is CC1C[C@H](NC(=O)c2cc(-c3cccs3)c[n+](O)c2)C(=O)N2C1C[C@H]1OCC(=O)[C@H]12. The van der Waals surface area contributed by atoms with E-state index in [2.05, 4.69) is 5.32 Å². The Morgan fingerprint density at radius 2 is 2.17 bits per heavy atom. The van der Waals surface area contributed by atoms with Crippen molar-refractivity contribution in [2.75, 3.05) is 6.61 Å². The number of ketones is 1. The minimum Gasteiger partial charge on any atom is -0.368 e. The van der Waals surface area contributed by atoms with Gasteiger partial charge in [-0.15, -0.1) is 11.3 Å². The van der Waals surface area contributed by atoms with Crippen molar-refractivity contribution in [3.63, 3.8) is 0 Å². The molecule has 3 aliphatic heterocycles. The minimum absolute atomic E-state index is 0.0355. The third-order valence-corrected chi connectivity index (χ3v) is 7.22. The van der Waals surface area contributed by atoms with Gasteiger partial charge in [0.15, 0.2) is 5.78 Å². The van der Waals surface area contributed by atoms with Gasteiger partial charge in [-0.25, -0.2) is 0 Å². The lowest BCUT2D eigenvalue weighted by Gasteiger charge is -2.40. The maximum absolute atomic E-state index is 13.2. The summed E-state index contributed by atoms with van der Waals surface area (Å²) < 4.78 is 6.42. The van der Waals surface area contributed by atoms with Crippen LogP contribution in [0.2, 0.25) is 0 Å². The van der Waals surface area contributed by atoms with Crippen LogP contribution in [0.4, 0.5) is 0 Å². The third kappa shape index (κ3) is 3.09. The van der Waals surface area contributed by atoms with E-state index in [1.165, 1.54) is 23.7 Å². The molecule has 156 valence electrons. The Kier molecular flexibility index (Phi) is 4.59. The van der Waals surface area contributed by atoms with Crippen LogP contribution in [-0.4, -0.2) is 58.5 Å². The monoisotopic (exact) mass is 428 g/mol. The van der Waals surface area contributed by atoms with Gasteiger partial charge in [0.2, 0.25) is 18.3 Å². The molecule has 3 aliphatic rings. The molecular formula is C21H22N3O5S+. The average Bonchev–Trinajstić information content (AvgIpc) is 3.44. The number of rotatable bonds is 3. The molecule has 5 heterocycles. The standard InChI is InChI=1S/C21H21N3O5S/c1-11-5-14(21(27)24-15(11)7-17-19(24)16(25)10-29-17)22-20(26)13-6-12(8-23(28)9-13)18-3-2-4-30-18/h2-4,6,8-9,11,14-15,17,19H,5,7,10H2,1H3,(H-,22,26,28)/p+1/t11?,14-,15?,17+,19+/m0/s1. The normalized spacial score (nSPS) is 30.3. The summed E-state index contributed by atoms with van der Waals surface area (Å²) in [6.07, 6.45) is 3.77. The Balaban J connectivity index is 1.38. The smallest absolute Gasteiger partial charge is 0.258 e. The first-order valence-electron chi connectivity index (χ1n) is 9.99. The number of carbonyl (C=O) groups is 3. The molecule has 0 aromatic carbocycles. The number of nitrogens with one attached hydrogen (secondary N) is 1. The Hall–Kier alpha value is -2.78. The Bertz CT molecular complexity index is 1020. The second-order valence-electron chi connectivity index (χ2n) is 8.22. The van der Waals surface area contributed by atoms with E-state index in [1.54, 1.807) is 11.0 Å². The highest BCUT2D eigenvalue weighted by Gasteiger charge is 2.56. The molecule has 0 spiro atoms. The minimum atomic E-state index is -0.714. The number of carbonyl (C=O) groups excluding carboxylic acids is 3. The zero-order valence-electron chi connectivity index (χ0n) is 16.4. The van der Waals surface area contributed by atoms with Crippen LogP contribution in [0.5, 0.6) is 0 Å². The quantitative estimate of drug-likeness (QED) is 0.562. The zero-order valence-corrected chi connectivity index (χ0v) is 17.2. The largest absolute Gasteiger partial charge is 0.368 e. The van der Waals surface area contributed by atoms with Crippen molar-refractivity contribution in [2.24, 2.45) is 5.92 Å².